The number of nitrogens with zero attached hydrogens (tertiary/aromatic N) is 7. The SMILES string of the molecule is c1cnc2nccnc2c1.c1cnc2ncncc2n1. The van der Waals surface area contributed by atoms with Gasteiger partial charge in [0.05, 0.1) is 6.20 Å². The van der Waals surface area contributed by atoms with E-state index >= 15 is 0 Å². The number of hydrogen-bond donors (Lipinski definition) is 0. The molecule has 4 aromatic heterocycles. The molecule has 0 unspecified atom stereocenters. The Balaban J connectivity index is 0.000000121. The highest BCUT2D eigenvalue weighted by Crippen LogP contribution is 2.00. The number of fused-ring (bicyclic) bond motifs is 2. The molecule has 4 heterocycles. The summed E-state index contributed by atoms with van der Waals surface area (Å²) < 4.78 is 0. The first-order valence-electron chi connectivity index (χ1n) is 5.82. The summed E-state index contributed by atoms with van der Waals surface area (Å²) in [5.41, 5.74) is 2.90. The maximum atomic E-state index is 4.06. The van der Waals surface area contributed by atoms with Gasteiger partial charge in [-0.1, -0.05) is 0 Å². The minimum atomic E-state index is 0.637. The summed E-state index contributed by atoms with van der Waals surface area (Å²) in [5, 5.41) is 0. The molecule has 96 valence electrons. The zero-order chi connectivity index (χ0) is 13.6. The van der Waals surface area contributed by atoms with Crippen LogP contribution < -0.4 is 0 Å². The predicted molar refractivity (Wildman–Crippen MR) is 72.5 cm³/mol. The van der Waals surface area contributed by atoms with E-state index in [0.717, 1.165) is 11.0 Å². The van der Waals surface area contributed by atoms with Crippen molar-refractivity contribution >= 4 is 22.3 Å². The van der Waals surface area contributed by atoms with Crippen molar-refractivity contribution in [2.75, 3.05) is 0 Å². The standard InChI is InChI=1S/C7H5N3.C6H4N4/c1-2-6-7(9-3-1)10-5-4-8-6;1-2-9-6-5(8-1)3-7-4-10-6/h1-5H;1-4H. The van der Waals surface area contributed by atoms with Crippen molar-refractivity contribution < 1.29 is 0 Å². The van der Waals surface area contributed by atoms with Crippen LogP contribution in [-0.4, -0.2) is 34.9 Å². The second-order valence-corrected chi connectivity index (χ2v) is 3.69. The molecule has 4 rings (SSSR count). The lowest BCUT2D eigenvalue weighted by Crippen LogP contribution is -1.85. The normalized spacial score (nSPS) is 10.0. The van der Waals surface area contributed by atoms with E-state index in [1.54, 1.807) is 37.2 Å². The van der Waals surface area contributed by atoms with E-state index < -0.39 is 0 Å². The molecule has 7 heteroatoms. The zero-order valence-electron chi connectivity index (χ0n) is 10.3. The third kappa shape index (κ3) is 2.66. The van der Waals surface area contributed by atoms with Crippen LogP contribution >= 0.6 is 0 Å². The van der Waals surface area contributed by atoms with Crippen molar-refractivity contribution in [3.8, 4) is 0 Å². The van der Waals surface area contributed by atoms with E-state index in [1.165, 1.54) is 6.33 Å². The number of rotatable bonds is 0. The summed E-state index contributed by atoms with van der Waals surface area (Å²) in [4.78, 5) is 27.7. The molecular weight excluding hydrogens is 254 g/mol. The molecule has 4 aromatic rings. The molecule has 20 heavy (non-hydrogen) atoms. The molecule has 0 amide bonds. The van der Waals surface area contributed by atoms with Crippen LogP contribution in [-0.2, 0) is 0 Å². The topological polar surface area (TPSA) is 90.2 Å². The quantitative estimate of drug-likeness (QED) is 0.474. The molecule has 0 aliphatic rings. The molecule has 0 saturated heterocycles. The Kier molecular flexibility index (Phi) is 3.41. The third-order valence-corrected chi connectivity index (χ3v) is 2.39. The van der Waals surface area contributed by atoms with E-state index in [0.29, 0.717) is 11.3 Å². The first kappa shape index (κ1) is 12.0. The van der Waals surface area contributed by atoms with E-state index in [-0.39, 0.29) is 0 Å². The average Bonchev–Trinajstić information content (AvgIpc) is 2.56. The lowest BCUT2D eigenvalue weighted by Gasteiger charge is -1.89. The first-order chi connectivity index (χ1) is 9.93. The highest BCUT2D eigenvalue weighted by atomic mass is 14.9. The van der Waals surface area contributed by atoms with Crippen LogP contribution in [0.15, 0.2) is 55.6 Å². The molecule has 0 fully saturated rings. The van der Waals surface area contributed by atoms with E-state index in [4.69, 9.17) is 0 Å². The van der Waals surface area contributed by atoms with Crippen molar-refractivity contribution in [1.29, 1.82) is 0 Å². The molecule has 0 aliphatic heterocycles. The van der Waals surface area contributed by atoms with Gasteiger partial charge in [-0.15, -0.1) is 0 Å². The van der Waals surface area contributed by atoms with E-state index in [9.17, 15) is 0 Å². The Bertz CT molecular complexity index is 632. The van der Waals surface area contributed by atoms with Crippen molar-refractivity contribution in [1.82, 2.24) is 34.9 Å². The monoisotopic (exact) mass is 263 g/mol. The molecule has 0 spiro atoms. The van der Waals surface area contributed by atoms with Crippen molar-refractivity contribution in [3.63, 3.8) is 0 Å². The lowest BCUT2D eigenvalue weighted by molar-refractivity contribution is 1.15. The van der Waals surface area contributed by atoms with Crippen LogP contribution in [0.4, 0.5) is 0 Å². The summed E-state index contributed by atoms with van der Waals surface area (Å²) in [5.74, 6) is 0. The van der Waals surface area contributed by atoms with Gasteiger partial charge in [0.15, 0.2) is 11.3 Å². The van der Waals surface area contributed by atoms with Crippen molar-refractivity contribution in [3.05, 3.63) is 55.6 Å². The van der Waals surface area contributed by atoms with Crippen LogP contribution in [0, 0.1) is 0 Å². The summed E-state index contributed by atoms with van der Waals surface area (Å²) in [7, 11) is 0. The second kappa shape index (κ2) is 5.70. The molecular formula is C13H9N7. The molecule has 0 aromatic carbocycles. The Morgan fingerprint density at radius 2 is 1.25 bits per heavy atom. The Hall–Kier alpha value is -3.09. The summed E-state index contributed by atoms with van der Waals surface area (Å²) in [6.07, 6.45) is 11.3. The molecule has 0 aliphatic carbocycles. The van der Waals surface area contributed by atoms with Crippen LogP contribution in [0.5, 0.6) is 0 Å². The van der Waals surface area contributed by atoms with Gasteiger partial charge >= 0.3 is 0 Å². The van der Waals surface area contributed by atoms with Gasteiger partial charge in [-0.2, -0.15) is 0 Å². The predicted octanol–water partition coefficient (Wildman–Crippen LogP) is 1.44. The van der Waals surface area contributed by atoms with Gasteiger partial charge in [-0.05, 0) is 12.1 Å². The molecule has 0 bridgehead atoms. The first-order valence-corrected chi connectivity index (χ1v) is 5.82. The lowest BCUT2D eigenvalue weighted by atomic mass is 10.4. The number of pyridine rings is 1. The zero-order valence-corrected chi connectivity index (χ0v) is 10.3. The Morgan fingerprint density at radius 1 is 0.600 bits per heavy atom. The largest absolute Gasteiger partial charge is 0.251 e. The minimum Gasteiger partial charge on any atom is -0.251 e. The van der Waals surface area contributed by atoms with Crippen LogP contribution in [0.1, 0.15) is 0 Å². The van der Waals surface area contributed by atoms with E-state index in [2.05, 4.69) is 34.9 Å². The van der Waals surface area contributed by atoms with Gasteiger partial charge in [-0.25, -0.2) is 29.9 Å². The van der Waals surface area contributed by atoms with Gasteiger partial charge in [-0.3, -0.25) is 4.98 Å². The average molecular weight is 263 g/mol. The highest BCUT2D eigenvalue weighted by Gasteiger charge is 1.91. The number of hydrogen-bond acceptors (Lipinski definition) is 7. The third-order valence-electron chi connectivity index (χ3n) is 2.39. The molecule has 0 N–H and O–H groups in total. The van der Waals surface area contributed by atoms with Crippen LogP contribution in [0.2, 0.25) is 0 Å². The smallest absolute Gasteiger partial charge is 0.181 e. The van der Waals surface area contributed by atoms with Gasteiger partial charge in [0.25, 0.3) is 0 Å². The minimum absolute atomic E-state index is 0.637. The van der Waals surface area contributed by atoms with E-state index in [1.807, 2.05) is 12.1 Å². The molecule has 0 atom stereocenters. The van der Waals surface area contributed by atoms with Crippen LogP contribution in [0.3, 0.4) is 0 Å². The van der Waals surface area contributed by atoms with Gasteiger partial charge < -0.3 is 0 Å². The van der Waals surface area contributed by atoms with Gasteiger partial charge in [0.2, 0.25) is 0 Å². The summed E-state index contributed by atoms with van der Waals surface area (Å²) in [6.45, 7) is 0. The van der Waals surface area contributed by atoms with Crippen LogP contribution in [0.25, 0.3) is 22.3 Å². The number of aromatic nitrogens is 7. The summed E-state index contributed by atoms with van der Waals surface area (Å²) >= 11 is 0. The fourth-order valence-electron chi connectivity index (χ4n) is 1.53. The fourth-order valence-corrected chi connectivity index (χ4v) is 1.53. The highest BCUT2D eigenvalue weighted by molar-refractivity contribution is 5.68. The Labute approximate surface area is 113 Å². The molecule has 0 radical (unpaired) electrons. The van der Waals surface area contributed by atoms with Gasteiger partial charge in [0, 0.05) is 31.0 Å². The van der Waals surface area contributed by atoms with Crippen molar-refractivity contribution in [2.24, 2.45) is 0 Å². The second-order valence-electron chi connectivity index (χ2n) is 3.69. The maximum absolute atomic E-state index is 4.06. The maximum Gasteiger partial charge on any atom is 0.181 e. The van der Waals surface area contributed by atoms with Crippen molar-refractivity contribution in [2.45, 2.75) is 0 Å². The Morgan fingerprint density at radius 3 is 2.00 bits per heavy atom. The van der Waals surface area contributed by atoms with Gasteiger partial charge in [0.1, 0.15) is 17.4 Å². The summed E-state index contributed by atoms with van der Waals surface area (Å²) in [6, 6.07) is 3.73. The molecule has 0 saturated carbocycles. The fraction of sp³-hybridized carbons (Fsp3) is 0. The molecule has 7 nitrogen and oxygen atoms in total.